The van der Waals surface area contributed by atoms with Crippen molar-refractivity contribution in [3.05, 3.63) is 29.8 Å². The van der Waals surface area contributed by atoms with E-state index < -0.39 is 11.7 Å². The van der Waals surface area contributed by atoms with Gasteiger partial charge >= 0.3 is 6.18 Å². The van der Waals surface area contributed by atoms with Crippen molar-refractivity contribution in [1.82, 2.24) is 0 Å². The summed E-state index contributed by atoms with van der Waals surface area (Å²) in [7, 11) is 0. The fourth-order valence-corrected chi connectivity index (χ4v) is 2.82. The maximum Gasteiger partial charge on any atom is 0.416 e. The van der Waals surface area contributed by atoms with E-state index in [-0.39, 0.29) is 0 Å². The molecule has 0 amide bonds. The lowest BCUT2D eigenvalue weighted by molar-refractivity contribution is -0.137. The van der Waals surface area contributed by atoms with E-state index in [1.54, 1.807) is 23.9 Å². The molecule has 2 rings (SSSR count). The molecule has 1 aromatic rings. The first-order chi connectivity index (χ1) is 8.05. The van der Waals surface area contributed by atoms with Crippen molar-refractivity contribution in [2.24, 2.45) is 0 Å². The normalized spacial score (nSPS) is 18.3. The molecule has 1 heterocycles. The Labute approximate surface area is 102 Å². The van der Waals surface area contributed by atoms with Crippen LogP contribution in [-0.2, 0) is 10.9 Å². The van der Waals surface area contributed by atoms with Crippen LogP contribution in [0.1, 0.15) is 18.4 Å². The van der Waals surface area contributed by atoms with E-state index in [9.17, 15) is 13.2 Å². The minimum absolute atomic E-state index is 0.459. The number of thioether (sulfide) groups is 1. The van der Waals surface area contributed by atoms with Gasteiger partial charge in [0.15, 0.2) is 0 Å². The van der Waals surface area contributed by atoms with Crippen molar-refractivity contribution in [2.45, 2.75) is 29.2 Å². The van der Waals surface area contributed by atoms with Gasteiger partial charge in [0.1, 0.15) is 0 Å². The average molecular weight is 262 g/mol. The summed E-state index contributed by atoms with van der Waals surface area (Å²) in [6, 6.07) is 5.37. The second-order valence-corrected chi connectivity index (χ2v) is 5.33. The molecule has 0 saturated carbocycles. The Kier molecular flexibility index (Phi) is 3.99. The van der Waals surface area contributed by atoms with Gasteiger partial charge in [0.25, 0.3) is 0 Å². The van der Waals surface area contributed by atoms with E-state index in [2.05, 4.69) is 0 Å². The van der Waals surface area contributed by atoms with Crippen molar-refractivity contribution in [1.29, 1.82) is 0 Å². The average Bonchev–Trinajstić information content (AvgIpc) is 2.30. The van der Waals surface area contributed by atoms with Crippen LogP contribution in [0, 0.1) is 0 Å². The van der Waals surface area contributed by atoms with Crippen molar-refractivity contribution < 1.29 is 17.9 Å². The standard InChI is InChI=1S/C12H13F3OS/c13-12(14,15)9-1-3-10(4-2-9)17-11-5-7-16-8-6-11/h1-4,11H,5-8H2. The molecule has 0 unspecified atom stereocenters. The van der Waals surface area contributed by atoms with Gasteiger partial charge in [-0.1, -0.05) is 0 Å². The zero-order valence-electron chi connectivity index (χ0n) is 9.17. The maximum atomic E-state index is 12.4. The van der Waals surface area contributed by atoms with E-state index in [1.165, 1.54) is 0 Å². The minimum atomic E-state index is -4.25. The lowest BCUT2D eigenvalue weighted by Gasteiger charge is -2.21. The van der Waals surface area contributed by atoms with Crippen LogP contribution in [0.25, 0.3) is 0 Å². The van der Waals surface area contributed by atoms with Crippen LogP contribution in [0.5, 0.6) is 0 Å². The van der Waals surface area contributed by atoms with Crippen LogP contribution in [0.15, 0.2) is 29.2 Å². The molecule has 1 fully saturated rings. The van der Waals surface area contributed by atoms with Crippen molar-refractivity contribution in [2.75, 3.05) is 13.2 Å². The van der Waals surface area contributed by atoms with Gasteiger partial charge in [-0.2, -0.15) is 13.2 Å². The van der Waals surface area contributed by atoms with Crippen LogP contribution in [-0.4, -0.2) is 18.5 Å². The number of hydrogen-bond acceptors (Lipinski definition) is 2. The molecule has 0 spiro atoms. The second-order valence-electron chi connectivity index (χ2n) is 3.95. The molecule has 94 valence electrons. The zero-order valence-corrected chi connectivity index (χ0v) is 9.98. The van der Waals surface area contributed by atoms with Gasteiger partial charge in [-0.3, -0.25) is 0 Å². The predicted octanol–water partition coefficient (Wildman–Crippen LogP) is 3.98. The number of halogens is 3. The van der Waals surface area contributed by atoms with Gasteiger partial charge in [0.2, 0.25) is 0 Å². The lowest BCUT2D eigenvalue weighted by atomic mass is 10.2. The molecule has 0 N–H and O–H groups in total. The van der Waals surface area contributed by atoms with Crippen LogP contribution < -0.4 is 0 Å². The van der Waals surface area contributed by atoms with E-state index in [0.717, 1.165) is 43.1 Å². The molecule has 0 aliphatic carbocycles. The van der Waals surface area contributed by atoms with E-state index >= 15 is 0 Å². The first-order valence-electron chi connectivity index (χ1n) is 5.47. The molecule has 0 aromatic heterocycles. The Morgan fingerprint density at radius 3 is 2.18 bits per heavy atom. The third kappa shape index (κ3) is 3.64. The van der Waals surface area contributed by atoms with Gasteiger partial charge < -0.3 is 4.74 Å². The Morgan fingerprint density at radius 1 is 1.06 bits per heavy atom. The second kappa shape index (κ2) is 5.31. The van der Waals surface area contributed by atoms with Crippen LogP contribution in [0.4, 0.5) is 13.2 Å². The fraction of sp³-hybridized carbons (Fsp3) is 0.500. The maximum absolute atomic E-state index is 12.4. The molecule has 0 bridgehead atoms. The van der Waals surface area contributed by atoms with E-state index in [1.807, 2.05) is 0 Å². The lowest BCUT2D eigenvalue weighted by Crippen LogP contribution is -2.17. The van der Waals surface area contributed by atoms with Gasteiger partial charge in [-0.25, -0.2) is 0 Å². The Morgan fingerprint density at radius 2 is 1.65 bits per heavy atom. The van der Waals surface area contributed by atoms with E-state index in [4.69, 9.17) is 4.74 Å². The summed E-state index contributed by atoms with van der Waals surface area (Å²) in [5.74, 6) is 0. The van der Waals surface area contributed by atoms with Crippen LogP contribution >= 0.6 is 11.8 Å². The van der Waals surface area contributed by atoms with Gasteiger partial charge in [-0.05, 0) is 37.1 Å². The topological polar surface area (TPSA) is 9.23 Å². The third-order valence-corrected chi connectivity index (χ3v) is 4.00. The summed E-state index contributed by atoms with van der Waals surface area (Å²) < 4.78 is 42.3. The summed E-state index contributed by atoms with van der Waals surface area (Å²) in [4.78, 5) is 0.893. The third-order valence-electron chi connectivity index (χ3n) is 2.65. The zero-order chi connectivity index (χ0) is 12.3. The first kappa shape index (κ1) is 12.8. The first-order valence-corrected chi connectivity index (χ1v) is 6.35. The highest BCUT2D eigenvalue weighted by Gasteiger charge is 2.30. The molecule has 17 heavy (non-hydrogen) atoms. The summed E-state index contributed by atoms with van der Waals surface area (Å²) >= 11 is 1.64. The molecule has 1 aliphatic heterocycles. The number of alkyl halides is 3. The van der Waals surface area contributed by atoms with Gasteiger partial charge in [-0.15, -0.1) is 11.8 Å². The quantitative estimate of drug-likeness (QED) is 0.797. The molecule has 1 aromatic carbocycles. The molecule has 1 saturated heterocycles. The Bertz CT molecular complexity index is 355. The highest BCUT2D eigenvalue weighted by Crippen LogP contribution is 2.33. The highest BCUT2D eigenvalue weighted by atomic mass is 32.2. The molecule has 0 atom stereocenters. The number of hydrogen-bond donors (Lipinski definition) is 0. The highest BCUT2D eigenvalue weighted by molar-refractivity contribution is 8.00. The van der Waals surface area contributed by atoms with Crippen molar-refractivity contribution >= 4 is 11.8 Å². The monoisotopic (exact) mass is 262 g/mol. The molecular formula is C12H13F3OS. The summed E-state index contributed by atoms with van der Waals surface area (Å²) in [6.07, 6.45) is -2.32. The van der Waals surface area contributed by atoms with E-state index in [0.29, 0.717) is 5.25 Å². The largest absolute Gasteiger partial charge is 0.416 e. The Balaban J connectivity index is 1.98. The van der Waals surface area contributed by atoms with Gasteiger partial charge in [0, 0.05) is 23.4 Å². The fourth-order valence-electron chi connectivity index (χ4n) is 1.71. The SMILES string of the molecule is FC(F)(F)c1ccc(SC2CCOCC2)cc1. The summed E-state index contributed by atoms with van der Waals surface area (Å²) in [5, 5.41) is 0.459. The number of benzene rings is 1. The number of ether oxygens (including phenoxy) is 1. The van der Waals surface area contributed by atoms with Crippen molar-refractivity contribution in [3.8, 4) is 0 Å². The number of rotatable bonds is 2. The predicted molar refractivity (Wildman–Crippen MR) is 61.1 cm³/mol. The van der Waals surface area contributed by atoms with Gasteiger partial charge in [0.05, 0.1) is 5.56 Å². The smallest absolute Gasteiger partial charge is 0.381 e. The Hall–Kier alpha value is -0.680. The summed E-state index contributed by atoms with van der Waals surface area (Å²) in [6.45, 7) is 1.50. The van der Waals surface area contributed by atoms with Crippen LogP contribution in [0.2, 0.25) is 0 Å². The van der Waals surface area contributed by atoms with Crippen molar-refractivity contribution in [3.63, 3.8) is 0 Å². The minimum Gasteiger partial charge on any atom is -0.381 e. The van der Waals surface area contributed by atoms with Crippen LogP contribution in [0.3, 0.4) is 0 Å². The molecule has 5 heteroatoms. The molecule has 1 nitrogen and oxygen atoms in total. The molecule has 0 radical (unpaired) electrons. The molecular weight excluding hydrogens is 249 g/mol. The summed E-state index contributed by atoms with van der Waals surface area (Å²) in [5.41, 5.74) is -0.589. The molecule has 1 aliphatic rings.